The van der Waals surface area contributed by atoms with Crippen molar-refractivity contribution in [3.05, 3.63) is 0 Å². The zero-order valence-electron chi connectivity index (χ0n) is 10.7. The third kappa shape index (κ3) is 7.74. The molecule has 2 amide bonds. The summed E-state index contributed by atoms with van der Waals surface area (Å²) >= 11 is 0. The molecule has 1 aliphatic carbocycles. The SMILES string of the molecule is CC(C)NC(=O)CCNCC(=O)NCC1CC1. The van der Waals surface area contributed by atoms with Crippen molar-refractivity contribution in [3.63, 3.8) is 0 Å². The number of amides is 2. The van der Waals surface area contributed by atoms with E-state index >= 15 is 0 Å². The summed E-state index contributed by atoms with van der Waals surface area (Å²) in [7, 11) is 0. The van der Waals surface area contributed by atoms with E-state index in [2.05, 4.69) is 16.0 Å². The predicted molar refractivity (Wildman–Crippen MR) is 66.5 cm³/mol. The third-order valence-electron chi connectivity index (χ3n) is 2.55. The van der Waals surface area contributed by atoms with Gasteiger partial charge in [-0.1, -0.05) is 0 Å². The van der Waals surface area contributed by atoms with Crippen molar-refractivity contribution in [1.82, 2.24) is 16.0 Å². The highest BCUT2D eigenvalue weighted by Gasteiger charge is 2.21. The molecule has 0 saturated heterocycles. The lowest BCUT2D eigenvalue weighted by atomic mass is 10.3. The Morgan fingerprint density at radius 3 is 2.53 bits per heavy atom. The molecule has 0 atom stereocenters. The maximum Gasteiger partial charge on any atom is 0.233 e. The first-order valence-corrected chi connectivity index (χ1v) is 6.34. The lowest BCUT2D eigenvalue weighted by Crippen LogP contribution is -2.37. The highest BCUT2D eigenvalue weighted by molar-refractivity contribution is 5.78. The Hall–Kier alpha value is -1.10. The molecular formula is C12H23N3O2. The average molecular weight is 241 g/mol. The van der Waals surface area contributed by atoms with Gasteiger partial charge in [0.15, 0.2) is 0 Å². The molecule has 1 fully saturated rings. The fourth-order valence-electron chi connectivity index (χ4n) is 1.44. The molecule has 98 valence electrons. The molecule has 3 N–H and O–H groups in total. The van der Waals surface area contributed by atoms with Gasteiger partial charge in [0, 0.05) is 25.6 Å². The van der Waals surface area contributed by atoms with Crippen LogP contribution in [0.3, 0.4) is 0 Å². The maximum atomic E-state index is 11.3. The summed E-state index contributed by atoms with van der Waals surface area (Å²) in [6, 6.07) is 0.171. The molecule has 1 saturated carbocycles. The molecule has 17 heavy (non-hydrogen) atoms. The number of carbonyl (C=O) groups excluding carboxylic acids is 2. The number of hydrogen-bond acceptors (Lipinski definition) is 3. The van der Waals surface area contributed by atoms with E-state index in [1.807, 2.05) is 13.8 Å². The van der Waals surface area contributed by atoms with Gasteiger partial charge in [0.1, 0.15) is 0 Å². The van der Waals surface area contributed by atoms with Crippen LogP contribution in [0, 0.1) is 5.92 Å². The minimum atomic E-state index is 0.0150. The second kappa shape index (κ2) is 7.27. The van der Waals surface area contributed by atoms with Gasteiger partial charge in [-0.3, -0.25) is 9.59 Å². The Kier molecular flexibility index (Phi) is 5.97. The zero-order valence-corrected chi connectivity index (χ0v) is 10.7. The summed E-state index contributed by atoms with van der Waals surface area (Å²) in [4.78, 5) is 22.6. The monoisotopic (exact) mass is 241 g/mol. The van der Waals surface area contributed by atoms with E-state index in [1.165, 1.54) is 12.8 Å². The Morgan fingerprint density at radius 2 is 1.94 bits per heavy atom. The Bertz CT molecular complexity index is 262. The first-order valence-electron chi connectivity index (χ1n) is 6.34. The molecule has 0 aliphatic heterocycles. The van der Waals surface area contributed by atoms with Crippen LogP contribution in [0.2, 0.25) is 0 Å². The van der Waals surface area contributed by atoms with E-state index in [4.69, 9.17) is 0 Å². The van der Waals surface area contributed by atoms with Crippen LogP contribution in [-0.4, -0.2) is 37.5 Å². The average Bonchev–Trinajstić information content (AvgIpc) is 3.04. The van der Waals surface area contributed by atoms with Crippen molar-refractivity contribution >= 4 is 11.8 Å². The molecule has 0 heterocycles. The molecule has 0 aromatic carbocycles. The van der Waals surface area contributed by atoms with E-state index in [0.29, 0.717) is 25.4 Å². The number of hydrogen-bond donors (Lipinski definition) is 3. The fraction of sp³-hybridized carbons (Fsp3) is 0.833. The van der Waals surface area contributed by atoms with Gasteiger partial charge in [0.25, 0.3) is 0 Å². The van der Waals surface area contributed by atoms with E-state index in [9.17, 15) is 9.59 Å². The summed E-state index contributed by atoms with van der Waals surface area (Å²) in [6.07, 6.45) is 2.89. The number of rotatable bonds is 8. The van der Waals surface area contributed by atoms with Gasteiger partial charge in [-0.05, 0) is 32.6 Å². The normalized spacial score (nSPS) is 14.8. The molecule has 0 aromatic rings. The van der Waals surface area contributed by atoms with Crippen LogP contribution in [0.4, 0.5) is 0 Å². The van der Waals surface area contributed by atoms with Crippen LogP contribution < -0.4 is 16.0 Å². The topological polar surface area (TPSA) is 70.2 Å². The van der Waals surface area contributed by atoms with E-state index < -0.39 is 0 Å². The standard InChI is InChI=1S/C12H23N3O2/c1-9(2)15-11(16)5-6-13-8-12(17)14-7-10-3-4-10/h9-10,13H,3-8H2,1-2H3,(H,14,17)(H,15,16). The molecule has 0 unspecified atom stereocenters. The molecule has 0 spiro atoms. The van der Waals surface area contributed by atoms with Gasteiger partial charge in [-0.25, -0.2) is 0 Å². The van der Waals surface area contributed by atoms with Crippen molar-refractivity contribution in [1.29, 1.82) is 0 Å². The van der Waals surface area contributed by atoms with Crippen molar-refractivity contribution in [2.45, 2.75) is 39.2 Å². The Morgan fingerprint density at radius 1 is 1.24 bits per heavy atom. The van der Waals surface area contributed by atoms with E-state index in [-0.39, 0.29) is 17.9 Å². The number of nitrogens with one attached hydrogen (secondary N) is 3. The molecule has 1 aliphatic rings. The molecular weight excluding hydrogens is 218 g/mol. The molecule has 0 radical (unpaired) electrons. The van der Waals surface area contributed by atoms with Gasteiger partial charge >= 0.3 is 0 Å². The summed E-state index contributed by atoms with van der Waals surface area (Å²) in [5.41, 5.74) is 0. The first-order chi connectivity index (χ1) is 8.08. The molecule has 0 bridgehead atoms. The van der Waals surface area contributed by atoms with Crippen LogP contribution in [0.5, 0.6) is 0 Å². The van der Waals surface area contributed by atoms with E-state index in [0.717, 1.165) is 6.54 Å². The summed E-state index contributed by atoms with van der Waals surface area (Å²) in [5, 5.41) is 8.62. The first kappa shape index (κ1) is 14.0. The maximum absolute atomic E-state index is 11.3. The molecule has 5 nitrogen and oxygen atoms in total. The van der Waals surface area contributed by atoms with Crippen LogP contribution in [0.15, 0.2) is 0 Å². The van der Waals surface area contributed by atoms with Gasteiger partial charge in [-0.2, -0.15) is 0 Å². The minimum absolute atomic E-state index is 0.0150. The van der Waals surface area contributed by atoms with E-state index in [1.54, 1.807) is 0 Å². The smallest absolute Gasteiger partial charge is 0.233 e. The quantitative estimate of drug-likeness (QED) is 0.525. The van der Waals surface area contributed by atoms with Gasteiger partial charge in [0.05, 0.1) is 6.54 Å². The van der Waals surface area contributed by atoms with Crippen LogP contribution in [-0.2, 0) is 9.59 Å². The Labute approximate surface area is 103 Å². The van der Waals surface area contributed by atoms with Crippen molar-refractivity contribution in [2.75, 3.05) is 19.6 Å². The largest absolute Gasteiger partial charge is 0.355 e. The second-order valence-corrected chi connectivity index (χ2v) is 4.90. The van der Waals surface area contributed by atoms with Crippen molar-refractivity contribution < 1.29 is 9.59 Å². The zero-order chi connectivity index (χ0) is 12.7. The molecule has 0 aromatic heterocycles. The van der Waals surface area contributed by atoms with Crippen LogP contribution in [0.25, 0.3) is 0 Å². The van der Waals surface area contributed by atoms with Gasteiger partial charge in [-0.15, -0.1) is 0 Å². The summed E-state index contributed by atoms with van der Waals surface area (Å²) in [5.74, 6) is 0.739. The Balaban J connectivity index is 1.91. The minimum Gasteiger partial charge on any atom is -0.355 e. The fourth-order valence-corrected chi connectivity index (χ4v) is 1.44. The predicted octanol–water partition coefficient (Wildman–Crippen LogP) is 0.0169. The summed E-state index contributed by atoms with van der Waals surface area (Å²) < 4.78 is 0. The third-order valence-corrected chi connectivity index (χ3v) is 2.55. The van der Waals surface area contributed by atoms with Crippen molar-refractivity contribution in [3.8, 4) is 0 Å². The number of carbonyl (C=O) groups is 2. The van der Waals surface area contributed by atoms with Crippen LogP contribution >= 0.6 is 0 Å². The van der Waals surface area contributed by atoms with Gasteiger partial charge in [0.2, 0.25) is 11.8 Å². The molecule has 1 rings (SSSR count). The summed E-state index contributed by atoms with van der Waals surface area (Å²) in [6.45, 7) is 5.48. The van der Waals surface area contributed by atoms with Crippen molar-refractivity contribution in [2.24, 2.45) is 5.92 Å². The molecule has 5 heteroatoms. The van der Waals surface area contributed by atoms with Crippen LogP contribution in [0.1, 0.15) is 33.1 Å². The second-order valence-electron chi connectivity index (χ2n) is 4.90. The van der Waals surface area contributed by atoms with Gasteiger partial charge < -0.3 is 16.0 Å². The lowest BCUT2D eigenvalue weighted by Gasteiger charge is -2.09. The lowest BCUT2D eigenvalue weighted by molar-refractivity contribution is -0.122. The highest BCUT2D eigenvalue weighted by Crippen LogP contribution is 2.27. The highest BCUT2D eigenvalue weighted by atomic mass is 16.2.